The van der Waals surface area contributed by atoms with Gasteiger partial charge >= 0.3 is 0 Å². The molecule has 2 heterocycles. The van der Waals surface area contributed by atoms with Crippen LogP contribution in [-0.4, -0.2) is 30.7 Å². The number of anilines is 1. The molecule has 1 atom stereocenters. The Balaban J connectivity index is 1.62. The molecule has 0 radical (unpaired) electrons. The van der Waals surface area contributed by atoms with Gasteiger partial charge in [-0.2, -0.15) is 0 Å². The lowest BCUT2D eigenvalue weighted by Gasteiger charge is -2.34. The zero-order valence-corrected chi connectivity index (χ0v) is 13.3. The number of rotatable bonds is 4. The van der Waals surface area contributed by atoms with Crippen molar-refractivity contribution in [3.05, 3.63) is 21.8 Å². The second-order valence-electron chi connectivity index (χ2n) is 5.60. The number of aromatic nitrogens is 1. The van der Waals surface area contributed by atoms with Crippen LogP contribution >= 0.6 is 27.5 Å². The Hall–Kier alpha value is -0.320. The van der Waals surface area contributed by atoms with Crippen LogP contribution in [0.5, 0.6) is 0 Å². The van der Waals surface area contributed by atoms with Gasteiger partial charge in [0, 0.05) is 25.3 Å². The molecule has 0 spiro atoms. The molecule has 2 aliphatic rings. The lowest BCUT2D eigenvalue weighted by molar-refractivity contribution is 0.389. The molecule has 1 unspecified atom stereocenters. The van der Waals surface area contributed by atoms with Crippen LogP contribution < -0.4 is 10.2 Å². The van der Waals surface area contributed by atoms with Gasteiger partial charge in [-0.1, -0.05) is 11.6 Å². The average Bonchev–Trinajstić information content (AvgIpc) is 3.21. The minimum Gasteiger partial charge on any atom is -0.355 e. The highest BCUT2D eigenvalue weighted by Crippen LogP contribution is 2.30. The van der Waals surface area contributed by atoms with Crippen LogP contribution in [0.2, 0.25) is 5.02 Å². The van der Waals surface area contributed by atoms with E-state index in [1.165, 1.54) is 25.7 Å². The Kier molecular flexibility index (Phi) is 4.30. The monoisotopic (exact) mass is 343 g/mol. The predicted molar refractivity (Wildman–Crippen MR) is 82.9 cm³/mol. The molecule has 1 aromatic rings. The first-order valence-corrected chi connectivity index (χ1v) is 8.19. The van der Waals surface area contributed by atoms with Gasteiger partial charge in [0.15, 0.2) is 0 Å². The van der Waals surface area contributed by atoms with Crippen LogP contribution in [0.4, 0.5) is 5.82 Å². The third-order valence-corrected chi connectivity index (χ3v) is 4.67. The summed E-state index contributed by atoms with van der Waals surface area (Å²) in [5, 5.41) is 4.32. The highest BCUT2D eigenvalue weighted by Gasteiger charge is 2.25. The third-order valence-electron chi connectivity index (χ3n) is 3.88. The SMILES string of the molecule is Clc1cnc(N2CCCC(CNC3CC3)C2)c(Br)c1. The fourth-order valence-corrected chi connectivity index (χ4v) is 3.57. The minimum atomic E-state index is 0.680. The molecule has 1 aliphatic heterocycles. The Morgan fingerprint density at radius 2 is 2.26 bits per heavy atom. The predicted octanol–water partition coefficient (Wildman–Crippen LogP) is 3.47. The van der Waals surface area contributed by atoms with E-state index in [0.717, 1.165) is 41.9 Å². The fourth-order valence-electron chi connectivity index (χ4n) is 2.68. The summed E-state index contributed by atoms with van der Waals surface area (Å²) in [6.45, 7) is 3.33. The smallest absolute Gasteiger partial charge is 0.142 e. The number of pyridine rings is 1. The van der Waals surface area contributed by atoms with Crippen molar-refractivity contribution in [1.82, 2.24) is 10.3 Å². The maximum atomic E-state index is 5.96. The van der Waals surface area contributed by atoms with E-state index >= 15 is 0 Å². The Labute approximate surface area is 127 Å². The first-order chi connectivity index (χ1) is 9.22. The van der Waals surface area contributed by atoms with Crippen LogP contribution in [-0.2, 0) is 0 Å². The van der Waals surface area contributed by atoms with Crippen molar-refractivity contribution in [2.75, 3.05) is 24.5 Å². The van der Waals surface area contributed by atoms with Crippen molar-refractivity contribution >= 4 is 33.3 Å². The van der Waals surface area contributed by atoms with Crippen molar-refractivity contribution in [3.8, 4) is 0 Å². The normalized spacial score (nSPS) is 23.7. The zero-order valence-electron chi connectivity index (χ0n) is 10.9. The lowest BCUT2D eigenvalue weighted by atomic mass is 9.98. The van der Waals surface area contributed by atoms with Crippen LogP contribution in [0.15, 0.2) is 16.7 Å². The number of nitrogens with one attached hydrogen (secondary N) is 1. The van der Waals surface area contributed by atoms with Crippen LogP contribution in [0.3, 0.4) is 0 Å². The van der Waals surface area contributed by atoms with E-state index in [-0.39, 0.29) is 0 Å². The van der Waals surface area contributed by atoms with Crippen molar-refractivity contribution in [3.63, 3.8) is 0 Å². The van der Waals surface area contributed by atoms with Gasteiger partial charge in [-0.15, -0.1) is 0 Å². The number of halogens is 2. The Bertz CT molecular complexity index is 450. The molecular formula is C14H19BrClN3. The molecule has 1 aromatic heterocycles. The van der Waals surface area contributed by atoms with Gasteiger partial charge in [0.2, 0.25) is 0 Å². The standard InChI is InChI=1S/C14H19BrClN3/c15-13-6-11(16)8-18-14(13)19-5-1-2-10(9-19)7-17-12-3-4-12/h6,8,10,12,17H,1-5,7,9H2. The molecule has 1 aliphatic carbocycles. The third kappa shape index (κ3) is 3.61. The number of nitrogens with zero attached hydrogens (tertiary/aromatic N) is 2. The number of hydrogen-bond donors (Lipinski definition) is 1. The van der Waals surface area contributed by atoms with E-state index in [4.69, 9.17) is 11.6 Å². The van der Waals surface area contributed by atoms with Gasteiger partial charge in [-0.3, -0.25) is 0 Å². The molecule has 0 bridgehead atoms. The Morgan fingerprint density at radius 1 is 1.42 bits per heavy atom. The first-order valence-electron chi connectivity index (χ1n) is 7.02. The molecule has 104 valence electrons. The van der Waals surface area contributed by atoms with Gasteiger partial charge in [0.25, 0.3) is 0 Å². The molecule has 1 N–H and O–H groups in total. The molecule has 3 nitrogen and oxygen atoms in total. The largest absolute Gasteiger partial charge is 0.355 e. The van der Waals surface area contributed by atoms with Gasteiger partial charge in [-0.05, 0) is 60.1 Å². The summed E-state index contributed by atoms with van der Waals surface area (Å²) in [6.07, 6.45) is 7.02. The van der Waals surface area contributed by atoms with Gasteiger partial charge in [0.05, 0.1) is 9.50 Å². The summed E-state index contributed by atoms with van der Waals surface area (Å²) in [4.78, 5) is 6.85. The molecule has 2 fully saturated rings. The maximum absolute atomic E-state index is 5.96. The summed E-state index contributed by atoms with van der Waals surface area (Å²) in [5.74, 6) is 1.76. The number of piperidine rings is 1. The van der Waals surface area contributed by atoms with Crippen LogP contribution in [0.1, 0.15) is 25.7 Å². The first kappa shape index (κ1) is 13.7. The zero-order chi connectivity index (χ0) is 13.2. The van der Waals surface area contributed by atoms with Gasteiger partial charge in [0.1, 0.15) is 5.82 Å². The molecule has 0 aromatic carbocycles. The Morgan fingerprint density at radius 3 is 3.00 bits per heavy atom. The molecule has 5 heteroatoms. The van der Waals surface area contributed by atoms with Crippen molar-refractivity contribution < 1.29 is 0 Å². The number of hydrogen-bond acceptors (Lipinski definition) is 3. The second-order valence-corrected chi connectivity index (χ2v) is 6.89. The van der Waals surface area contributed by atoms with Crippen LogP contribution in [0, 0.1) is 5.92 Å². The molecule has 19 heavy (non-hydrogen) atoms. The fraction of sp³-hybridized carbons (Fsp3) is 0.643. The molecule has 3 rings (SSSR count). The van der Waals surface area contributed by atoms with Gasteiger partial charge in [-0.25, -0.2) is 4.98 Å². The molecule has 1 saturated heterocycles. The summed E-state index contributed by atoms with van der Waals surface area (Å²) in [7, 11) is 0. The van der Waals surface area contributed by atoms with Crippen LogP contribution in [0.25, 0.3) is 0 Å². The van der Waals surface area contributed by atoms with Crippen molar-refractivity contribution in [2.45, 2.75) is 31.7 Å². The van der Waals surface area contributed by atoms with E-state index < -0.39 is 0 Å². The quantitative estimate of drug-likeness (QED) is 0.906. The minimum absolute atomic E-state index is 0.680. The summed E-state index contributed by atoms with van der Waals surface area (Å²) in [6, 6.07) is 2.73. The van der Waals surface area contributed by atoms with E-state index in [2.05, 4.69) is 31.1 Å². The van der Waals surface area contributed by atoms with Gasteiger partial charge < -0.3 is 10.2 Å². The molecule has 1 saturated carbocycles. The van der Waals surface area contributed by atoms with E-state index in [9.17, 15) is 0 Å². The molecule has 0 amide bonds. The van der Waals surface area contributed by atoms with Crippen molar-refractivity contribution in [1.29, 1.82) is 0 Å². The summed E-state index contributed by atoms with van der Waals surface area (Å²) < 4.78 is 0.996. The van der Waals surface area contributed by atoms with E-state index in [1.54, 1.807) is 6.20 Å². The average molecular weight is 345 g/mol. The van der Waals surface area contributed by atoms with Crippen molar-refractivity contribution in [2.24, 2.45) is 5.92 Å². The van der Waals surface area contributed by atoms with E-state index in [0.29, 0.717) is 5.02 Å². The topological polar surface area (TPSA) is 28.2 Å². The summed E-state index contributed by atoms with van der Waals surface area (Å²) >= 11 is 9.53. The maximum Gasteiger partial charge on any atom is 0.142 e. The molecular weight excluding hydrogens is 326 g/mol. The summed E-state index contributed by atoms with van der Waals surface area (Å²) in [5.41, 5.74) is 0. The highest BCUT2D eigenvalue weighted by molar-refractivity contribution is 9.10. The second kappa shape index (κ2) is 5.98. The highest BCUT2D eigenvalue weighted by atomic mass is 79.9. The lowest BCUT2D eigenvalue weighted by Crippen LogP contribution is -2.40. The van der Waals surface area contributed by atoms with E-state index in [1.807, 2.05) is 6.07 Å².